The number of primary amides is 1. The number of carbonyl (C=O) groups is 1. The molecule has 0 aliphatic heterocycles. The lowest BCUT2D eigenvalue weighted by atomic mass is 10.2. The minimum Gasteiger partial charge on any atom is -0.368 e. The second-order valence-corrected chi connectivity index (χ2v) is 7.56. The summed E-state index contributed by atoms with van der Waals surface area (Å²) in [6.45, 7) is 0.0723. The molecule has 0 saturated carbocycles. The highest BCUT2D eigenvalue weighted by molar-refractivity contribution is 9.10. The van der Waals surface area contributed by atoms with Crippen molar-refractivity contribution in [3.05, 3.63) is 51.8 Å². The molecule has 1 amide bonds. The molecule has 2 aromatic heterocycles. The summed E-state index contributed by atoms with van der Waals surface area (Å²) in [7, 11) is 0. The van der Waals surface area contributed by atoms with Gasteiger partial charge >= 0.3 is 0 Å². The summed E-state index contributed by atoms with van der Waals surface area (Å²) in [4.78, 5) is 12.4. The van der Waals surface area contributed by atoms with E-state index >= 15 is 0 Å². The molecular formula is C15H13BrN4OS2. The van der Waals surface area contributed by atoms with Crippen molar-refractivity contribution in [2.24, 2.45) is 5.73 Å². The summed E-state index contributed by atoms with van der Waals surface area (Å²) in [5, 5.41) is 11.1. The molecule has 1 aromatic carbocycles. The van der Waals surface area contributed by atoms with Crippen molar-refractivity contribution in [3.63, 3.8) is 0 Å². The third-order valence-electron chi connectivity index (χ3n) is 3.05. The lowest BCUT2D eigenvalue weighted by Gasteiger charge is -2.07. The smallest absolute Gasteiger partial charge is 0.237 e. The summed E-state index contributed by atoms with van der Waals surface area (Å²) in [5.74, 6) is 1.01. The molecule has 0 aliphatic carbocycles. The van der Waals surface area contributed by atoms with Crippen LogP contribution in [0.3, 0.4) is 0 Å². The average Bonchev–Trinajstić information content (AvgIpc) is 3.16. The number of nitrogens with two attached hydrogens (primary N) is 1. The third-order valence-corrected chi connectivity index (χ3v) is 5.49. The van der Waals surface area contributed by atoms with Gasteiger partial charge in [-0.05, 0) is 29.1 Å². The Labute approximate surface area is 150 Å². The van der Waals surface area contributed by atoms with Gasteiger partial charge in [0.1, 0.15) is 6.54 Å². The fourth-order valence-electron chi connectivity index (χ4n) is 2.01. The Balaban J connectivity index is 1.83. The Bertz CT molecular complexity index is 800. The fourth-order valence-corrected chi connectivity index (χ4v) is 3.89. The number of carbonyl (C=O) groups excluding carboxylic acids is 1. The molecule has 0 unspecified atom stereocenters. The quantitative estimate of drug-likeness (QED) is 0.632. The monoisotopic (exact) mass is 408 g/mol. The standard InChI is InChI=1S/C15H13BrN4OS2/c16-11-5-3-10(4-6-11)9-23-15-19-18-14(12-2-1-7-22-12)20(15)8-13(17)21/h1-7H,8-9H2,(H2,17,21). The van der Waals surface area contributed by atoms with Crippen molar-refractivity contribution in [2.75, 3.05) is 0 Å². The van der Waals surface area contributed by atoms with Crippen LogP contribution in [0.5, 0.6) is 0 Å². The van der Waals surface area contributed by atoms with Gasteiger partial charge in [-0.3, -0.25) is 9.36 Å². The van der Waals surface area contributed by atoms with E-state index in [0.717, 1.165) is 15.1 Å². The first-order chi connectivity index (χ1) is 11.1. The van der Waals surface area contributed by atoms with Gasteiger partial charge < -0.3 is 5.73 Å². The topological polar surface area (TPSA) is 73.8 Å². The fraction of sp³-hybridized carbons (Fsp3) is 0.133. The first kappa shape index (κ1) is 16.2. The largest absolute Gasteiger partial charge is 0.368 e. The predicted octanol–water partition coefficient (Wildman–Crippen LogP) is 3.55. The molecule has 8 heteroatoms. The Morgan fingerprint density at radius 1 is 1.26 bits per heavy atom. The van der Waals surface area contributed by atoms with Crippen molar-refractivity contribution >= 4 is 44.9 Å². The van der Waals surface area contributed by atoms with Crippen LogP contribution in [0.25, 0.3) is 10.7 Å². The minimum absolute atomic E-state index is 0.0723. The molecule has 2 heterocycles. The molecule has 0 aliphatic rings. The predicted molar refractivity (Wildman–Crippen MR) is 96.2 cm³/mol. The third kappa shape index (κ3) is 4.01. The summed E-state index contributed by atoms with van der Waals surface area (Å²) < 4.78 is 2.82. The molecule has 0 atom stereocenters. The number of thiophene rings is 1. The molecular weight excluding hydrogens is 396 g/mol. The van der Waals surface area contributed by atoms with Gasteiger partial charge in [0.05, 0.1) is 4.88 Å². The van der Waals surface area contributed by atoms with Crippen LogP contribution in [0, 0.1) is 0 Å². The van der Waals surface area contributed by atoms with E-state index in [1.165, 1.54) is 17.3 Å². The summed E-state index contributed by atoms with van der Waals surface area (Å²) in [6, 6.07) is 12.0. The van der Waals surface area contributed by atoms with Crippen LogP contribution in [0.4, 0.5) is 0 Å². The van der Waals surface area contributed by atoms with Crippen LogP contribution < -0.4 is 5.73 Å². The Hall–Kier alpha value is -1.64. The lowest BCUT2D eigenvalue weighted by Crippen LogP contribution is -2.19. The van der Waals surface area contributed by atoms with E-state index in [-0.39, 0.29) is 6.54 Å². The maximum Gasteiger partial charge on any atom is 0.237 e. The van der Waals surface area contributed by atoms with Gasteiger partial charge in [0, 0.05) is 10.2 Å². The molecule has 3 aromatic rings. The number of halogens is 1. The van der Waals surface area contributed by atoms with Crippen LogP contribution >= 0.6 is 39.0 Å². The summed E-state index contributed by atoms with van der Waals surface area (Å²) in [5.41, 5.74) is 6.54. The Morgan fingerprint density at radius 2 is 2.04 bits per heavy atom. The zero-order valence-corrected chi connectivity index (χ0v) is 15.2. The molecule has 118 valence electrons. The average molecular weight is 409 g/mol. The lowest BCUT2D eigenvalue weighted by molar-refractivity contribution is -0.118. The highest BCUT2D eigenvalue weighted by Gasteiger charge is 2.16. The van der Waals surface area contributed by atoms with E-state index in [4.69, 9.17) is 5.73 Å². The summed E-state index contributed by atoms with van der Waals surface area (Å²) in [6.07, 6.45) is 0. The van der Waals surface area contributed by atoms with E-state index in [9.17, 15) is 4.79 Å². The Kier molecular flexibility index (Phi) is 5.14. The minimum atomic E-state index is -0.409. The zero-order chi connectivity index (χ0) is 16.2. The normalized spacial score (nSPS) is 10.8. The SMILES string of the molecule is NC(=O)Cn1c(SCc2ccc(Br)cc2)nnc1-c1cccs1. The van der Waals surface area contributed by atoms with E-state index in [1.54, 1.807) is 15.9 Å². The molecule has 0 spiro atoms. The number of nitrogens with zero attached hydrogens (tertiary/aromatic N) is 3. The van der Waals surface area contributed by atoms with Gasteiger partial charge in [-0.25, -0.2) is 0 Å². The van der Waals surface area contributed by atoms with Gasteiger partial charge in [-0.2, -0.15) is 0 Å². The van der Waals surface area contributed by atoms with Crippen LogP contribution in [-0.4, -0.2) is 20.7 Å². The second-order valence-electron chi connectivity index (χ2n) is 4.75. The first-order valence-corrected chi connectivity index (χ1v) is 9.42. The maximum atomic E-state index is 11.4. The molecule has 23 heavy (non-hydrogen) atoms. The van der Waals surface area contributed by atoms with Crippen LogP contribution in [-0.2, 0) is 17.1 Å². The van der Waals surface area contributed by atoms with Crippen molar-refractivity contribution < 1.29 is 4.79 Å². The highest BCUT2D eigenvalue weighted by atomic mass is 79.9. The van der Waals surface area contributed by atoms with Crippen molar-refractivity contribution in [1.29, 1.82) is 0 Å². The number of amides is 1. The number of benzene rings is 1. The van der Waals surface area contributed by atoms with E-state index in [2.05, 4.69) is 26.1 Å². The van der Waals surface area contributed by atoms with Crippen LogP contribution in [0.15, 0.2) is 51.4 Å². The van der Waals surface area contributed by atoms with Crippen molar-refractivity contribution in [1.82, 2.24) is 14.8 Å². The van der Waals surface area contributed by atoms with Gasteiger partial charge in [0.15, 0.2) is 11.0 Å². The zero-order valence-electron chi connectivity index (χ0n) is 12.0. The van der Waals surface area contributed by atoms with Gasteiger partial charge in [-0.15, -0.1) is 21.5 Å². The molecule has 0 radical (unpaired) electrons. The van der Waals surface area contributed by atoms with Gasteiger partial charge in [0.25, 0.3) is 0 Å². The van der Waals surface area contributed by atoms with Gasteiger partial charge in [0.2, 0.25) is 5.91 Å². The van der Waals surface area contributed by atoms with Crippen molar-refractivity contribution in [3.8, 4) is 10.7 Å². The Morgan fingerprint density at radius 3 is 2.70 bits per heavy atom. The molecule has 0 saturated heterocycles. The highest BCUT2D eigenvalue weighted by Crippen LogP contribution is 2.28. The molecule has 0 bridgehead atoms. The second kappa shape index (κ2) is 7.29. The molecule has 0 fully saturated rings. The molecule has 3 rings (SSSR count). The molecule has 2 N–H and O–H groups in total. The number of hydrogen-bond donors (Lipinski definition) is 1. The van der Waals surface area contributed by atoms with Crippen LogP contribution in [0.1, 0.15) is 5.56 Å². The van der Waals surface area contributed by atoms with Crippen LogP contribution in [0.2, 0.25) is 0 Å². The number of hydrogen-bond acceptors (Lipinski definition) is 5. The number of rotatable bonds is 6. The van der Waals surface area contributed by atoms with Gasteiger partial charge in [-0.1, -0.05) is 45.9 Å². The number of aromatic nitrogens is 3. The van der Waals surface area contributed by atoms with E-state index < -0.39 is 5.91 Å². The van der Waals surface area contributed by atoms with Crippen molar-refractivity contribution in [2.45, 2.75) is 17.5 Å². The number of thioether (sulfide) groups is 1. The first-order valence-electron chi connectivity index (χ1n) is 6.76. The van der Waals surface area contributed by atoms with E-state index in [0.29, 0.717) is 11.0 Å². The van der Waals surface area contributed by atoms with E-state index in [1.807, 2.05) is 41.8 Å². The summed E-state index contributed by atoms with van der Waals surface area (Å²) >= 11 is 6.52. The maximum absolute atomic E-state index is 11.4. The molecule has 5 nitrogen and oxygen atoms in total.